The summed E-state index contributed by atoms with van der Waals surface area (Å²) in [4.78, 5) is 15.6. The lowest BCUT2D eigenvalue weighted by Gasteiger charge is -2.02. The Kier molecular flexibility index (Phi) is 5.13. The Labute approximate surface area is 115 Å². The van der Waals surface area contributed by atoms with E-state index < -0.39 is 5.97 Å². The van der Waals surface area contributed by atoms with E-state index in [0.29, 0.717) is 10.3 Å². The molecule has 86 valence electrons. The van der Waals surface area contributed by atoms with Crippen molar-refractivity contribution in [2.75, 3.05) is 6.61 Å². The van der Waals surface area contributed by atoms with Gasteiger partial charge in [-0.3, -0.25) is 4.57 Å². The fraction of sp³-hybridized carbons (Fsp3) is 0.222. The molecule has 0 unspecified atom stereocenters. The quantitative estimate of drug-likeness (QED) is 0.482. The molecule has 0 fully saturated rings. The van der Waals surface area contributed by atoms with Crippen molar-refractivity contribution in [3.63, 3.8) is 0 Å². The number of ether oxygens (including phenoxy) is 1. The zero-order chi connectivity index (χ0) is 12.1. The Morgan fingerprint density at radius 1 is 1.75 bits per heavy atom. The molecule has 0 radical (unpaired) electrons. The highest BCUT2D eigenvalue weighted by atomic mass is 127. The largest absolute Gasteiger partial charge is 0.460 e. The molecule has 1 aromatic heterocycles. The van der Waals surface area contributed by atoms with Crippen molar-refractivity contribution in [3.8, 4) is 0 Å². The average molecular weight is 398 g/mol. The zero-order valence-electron chi connectivity index (χ0n) is 8.41. The van der Waals surface area contributed by atoms with Gasteiger partial charge in [-0.15, -0.1) is 0 Å². The number of carbonyl (C=O) groups is 1. The molecule has 1 heterocycles. The van der Waals surface area contributed by atoms with Gasteiger partial charge in [0.1, 0.15) is 4.60 Å². The smallest absolute Gasteiger partial charge is 0.374 e. The number of nitrogens with one attached hydrogen (secondary N) is 1. The molecule has 0 aromatic carbocycles. The molecular formula is C9H9BrIN3O2. The van der Waals surface area contributed by atoms with Gasteiger partial charge in [0.15, 0.2) is 0 Å². The lowest BCUT2D eigenvalue weighted by molar-refractivity contribution is 0.0510. The molecular weight excluding hydrogens is 389 g/mol. The standard InChI is InChI=1S/C9H9BrIN3O2/c1-2-16-9(15)8-13-7(10)6(5-12)14(8)4-3-11/h3-5,12H,2H2,1H3/b4-3-,12-5?. The molecule has 0 aliphatic rings. The van der Waals surface area contributed by atoms with E-state index >= 15 is 0 Å². The molecule has 1 aromatic rings. The Balaban J connectivity index is 3.28. The minimum absolute atomic E-state index is 0.153. The van der Waals surface area contributed by atoms with Gasteiger partial charge < -0.3 is 10.1 Å². The average Bonchev–Trinajstić information content (AvgIpc) is 2.56. The predicted octanol–water partition coefficient (Wildman–Crippen LogP) is 2.68. The minimum atomic E-state index is -0.509. The van der Waals surface area contributed by atoms with Crippen LogP contribution < -0.4 is 0 Å². The second-order valence-electron chi connectivity index (χ2n) is 2.62. The van der Waals surface area contributed by atoms with Gasteiger partial charge >= 0.3 is 5.97 Å². The van der Waals surface area contributed by atoms with Crippen molar-refractivity contribution in [2.45, 2.75) is 6.92 Å². The van der Waals surface area contributed by atoms with Crippen LogP contribution in [0.25, 0.3) is 6.20 Å². The molecule has 1 N–H and O–H groups in total. The molecule has 0 bridgehead atoms. The van der Waals surface area contributed by atoms with Crippen molar-refractivity contribution in [2.24, 2.45) is 0 Å². The number of esters is 1. The summed E-state index contributed by atoms with van der Waals surface area (Å²) >= 11 is 5.21. The summed E-state index contributed by atoms with van der Waals surface area (Å²) in [5.74, 6) is -0.356. The zero-order valence-corrected chi connectivity index (χ0v) is 12.1. The lowest BCUT2D eigenvalue weighted by Crippen LogP contribution is -2.11. The van der Waals surface area contributed by atoms with E-state index in [0.717, 1.165) is 6.21 Å². The maximum atomic E-state index is 11.6. The van der Waals surface area contributed by atoms with Crippen LogP contribution in [0, 0.1) is 5.41 Å². The monoisotopic (exact) mass is 397 g/mol. The first-order chi connectivity index (χ1) is 7.65. The summed E-state index contributed by atoms with van der Waals surface area (Å²) in [7, 11) is 0. The highest BCUT2D eigenvalue weighted by molar-refractivity contribution is 14.1. The van der Waals surface area contributed by atoms with Gasteiger partial charge in [0, 0.05) is 12.4 Å². The van der Waals surface area contributed by atoms with E-state index in [1.54, 1.807) is 17.2 Å². The third-order valence-corrected chi connectivity index (χ3v) is 2.61. The third-order valence-electron chi connectivity index (χ3n) is 1.70. The molecule has 0 saturated carbocycles. The molecule has 0 amide bonds. The molecule has 5 nitrogen and oxygen atoms in total. The van der Waals surface area contributed by atoms with E-state index in [1.165, 1.54) is 4.57 Å². The first-order valence-electron chi connectivity index (χ1n) is 4.37. The first-order valence-corrected chi connectivity index (χ1v) is 6.41. The van der Waals surface area contributed by atoms with Gasteiger partial charge in [-0.05, 0) is 26.9 Å². The lowest BCUT2D eigenvalue weighted by atomic mass is 10.5. The second kappa shape index (κ2) is 6.14. The van der Waals surface area contributed by atoms with Crippen LogP contribution in [0.5, 0.6) is 0 Å². The molecule has 0 spiro atoms. The van der Waals surface area contributed by atoms with E-state index in [4.69, 9.17) is 10.1 Å². The van der Waals surface area contributed by atoms with E-state index in [9.17, 15) is 4.79 Å². The molecule has 0 atom stereocenters. The number of nitrogens with zero attached hydrogens (tertiary/aromatic N) is 2. The van der Waals surface area contributed by atoms with Crippen LogP contribution in [0.1, 0.15) is 23.2 Å². The van der Waals surface area contributed by atoms with Crippen LogP contribution in [0.15, 0.2) is 8.69 Å². The molecule has 0 aliphatic heterocycles. The van der Waals surface area contributed by atoms with Gasteiger partial charge in [0.2, 0.25) is 5.82 Å². The van der Waals surface area contributed by atoms with E-state index in [1.807, 2.05) is 22.6 Å². The normalized spacial score (nSPS) is 10.7. The summed E-state index contributed by atoms with van der Waals surface area (Å²) in [5, 5.41) is 7.26. The summed E-state index contributed by atoms with van der Waals surface area (Å²) in [5.41, 5.74) is 0.496. The van der Waals surface area contributed by atoms with Crippen LogP contribution in [0.2, 0.25) is 0 Å². The molecule has 0 saturated heterocycles. The molecule has 0 aliphatic carbocycles. The van der Waals surface area contributed by atoms with Crippen molar-refractivity contribution in [3.05, 3.63) is 20.2 Å². The maximum absolute atomic E-state index is 11.6. The van der Waals surface area contributed by atoms with Crippen LogP contribution in [-0.2, 0) is 4.74 Å². The number of imidazole rings is 1. The highest BCUT2D eigenvalue weighted by Crippen LogP contribution is 2.18. The topological polar surface area (TPSA) is 68.0 Å². The van der Waals surface area contributed by atoms with Crippen LogP contribution >= 0.6 is 38.5 Å². The maximum Gasteiger partial charge on any atom is 0.374 e. The third kappa shape index (κ3) is 2.70. The fourth-order valence-electron chi connectivity index (χ4n) is 1.09. The summed E-state index contributed by atoms with van der Waals surface area (Å²) in [6, 6.07) is 0. The molecule has 7 heteroatoms. The van der Waals surface area contributed by atoms with Crippen LogP contribution in [0.4, 0.5) is 0 Å². The predicted molar refractivity (Wildman–Crippen MR) is 73.1 cm³/mol. The van der Waals surface area contributed by atoms with Crippen LogP contribution in [-0.4, -0.2) is 28.3 Å². The number of halogens is 2. The Hall–Kier alpha value is -0.700. The van der Waals surface area contributed by atoms with Crippen molar-refractivity contribution in [1.82, 2.24) is 9.55 Å². The fourth-order valence-corrected chi connectivity index (χ4v) is 1.89. The number of rotatable bonds is 4. The second-order valence-corrected chi connectivity index (χ2v) is 4.09. The van der Waals surface area contributed by atoms with Gasteiger partial charge in [0.25, 0.3) is 0 Å². The summed E-state index contributed by atoms with van der Waals surface area (Å²) in [6.45, 7) is 2.02. The van der Waals surface area contributed by atoms with Gasteiger partial charge in [-0.25, -0.2) is 9.78 Å². The van der Waals surface area contributed by atoms with E-state index in [2.05, 4.69) is 20.9 Å². The molecule has 1 rings (SSSR count). The van der Waals surface area contributed by atoms with Crippen molar-refractivity contribution >= 4 is 56.9 Å². The van der Waals surface area contributed by atoms with Crippen LogP contribution in [0.3, 0.4) is 0 Å². The molecule has 16 heavy (non-hydrogen) atoms. The first kappa shape index (κ1) is 13.4. The Morgan fingerprint density at radius 3 is 2.94 bits per heavy atom. The van der Waals surface area contributed by atoms with Crippen molar-refractivity contribution < 1.29 is 9.53 Å². The van der Waals surface area contributed by atoms with E-state index in [-0.39, 0.29) is 12.4 Å². The SMILES string of the molecule is CCOC(=O)c1nc(Br)c(C=N)n1/C=C\I. The van der Waals surface area contributed by atoms with Gasteiger partial charge in [-0.1, -0.05) is 22.6 Å². The highest BCUT2D eigenvalue weighted by Gasteiger charge is 2.19. The minimum Gasteiger partial charge on any atom is -0.460 e. The van der Waals surface area contributed by atoms with Crippen molar-refractivity contribution in [1.29, 1.82) is 5.41 Å². The Morgan fingerprint density at radius 2 is 2.44 bits per heavy atom. The summed E-state index contributed by atoms with van der Waals surface area (Å²) < 4.78 is 8.54. The number of hydrogen-bond acceptors (Lipinski definition) is 4. The number of aromatic nitrogens is 2. The Bertz CT molecular complexity index is 442. The number of carbonyl (C=O) groups excluding carboxylic acids is 1. The van der Waals surface area contributed by atoms with Gasteiger partial charge in [0.05, 0.1) is 12.3 Å². The van der Waals surface area contributed by atoms with Gasteiger partial charge in [-0.2, -0.15) is 0 Å². The number of hydrogen-bond donors (Lipinski definition) is 1. The summed E-state index contributed by atoms with van der Waals surface area (Å²) in [6.07, 6.45) is 2.77.